The fourth-order valence-corrected chi connectivity index (χ4v) is 12.7. The molecular weight excluding hydrogens is 649 g/mol. The van der Waals surface area contributed by atoms with Crippen LogP contribution in [0.5, 0.6) is 0 Å². The van der Waals surface area contributed by atoms with Crippen LogP contribution in [0.25, 0.3) is 11.1 Å². The van der Waals surface area contributed by atoms with E-state index in [9.17, 15) is 0 Å². The molecule has 2 aliphatic heterocycles. The van der Waals surface area contributed by atoms with Crippen molar-refractivity contribution in [2.24, 2.45) is 0 Å². The van der Waals surface area contributed by atoms with Gasteiger partial charge in [-0.2, -0.15) is 0 Å². The number of para-hydroxylation sites is 2. The Balaban J connectivity index is 1.27. The van der Waals surface area contributed by atoms with Gasteiger partial charge in [0.15, 0.2) is 0 Å². The predicted octanol–water partition coefficient (Wildman–Crippen LogP) is 10.3. The van der Waals surface area contributed by atoms with Crippen LogP contribution in [-0.4, -0.2) is 14.8 Å². The van der Waals surface area contributed by atoms with Crippen molar-refractivity contribution >= 4 is 70.4 Å². The van der Waals surface area contributed by atoms with Crippen LogP contribution >= 0.6 is 11.8 Å². The highest BCUT2D eigenvalue weighted by Crippen LogP contribution is 2.40. The topological polar surface area (TPSA) is 3.24 Å². The first kappa shape index (κ1) is 33.9. The molecule has 0 aliphatic carbocycles. The second-order valence-corrected chi connectivity index (χ2v) is 21.4. The summed E-state index contributed by atoms with van der Waals surface area (Å²) in [5.41, 5.74) is 15.1. The van der Waals surface area contributed by atoms with Crippen LogP contribution in [0.1, 0.15) is 76.0 Å². The van der Waals surface area contributed by atoms with E-state index in [2.05, 4.69) is 187 Å². The fraction of sp³-hybridized carbons (Fsp3) is 0.234. The SMILES string of the molecule is CC(C)c1cc(C(C)C)c(B2c3ccccc3Sc3cc(-c4cccc(N5c6ccccc6[Si](C)(C)c6ccccc65)c4)ccc32)c(C(C)C)c1. The molecule has 0 spiro atoms. The zero-order chi connectivity index (χ0) is 35.6. The molecule has 0 saturated heterocycles. The molecule has 254 valence electrons. The molecule has 8 rings (SSSR count). The van der Waals surface area contributed by atoms with Crippen molar-refractivity contribution in [3.8, 4) is 11.1 Å². The maximum atomic E-state index is 2.51. The lowest BCUT2D eigenvalue weighted by atomic mass is 9.34. The van der Waals surface area contributed by atoms with E-state index in [4.69, 9.17) is 0 Å². The lowest BCUT2D eigenvalue weighted by molar-refractivity contribution is 0.812. The first-order valence-corrected chi connectivity index (χ1v) is 22.5. The average molecular weight is 698 g/mol. The maximum Gasteiger partial charge on any atom is 0.244 e. The molecule has 0 aromatic heterocycles. The molecule has 0 amide bonds. The van der Waals surface area contributed by atoms with Crippen molar-refractivity contribution in [2.45, 2.75) is 82.2 Å². The van der Waals surface area contributed by atoms with Crippen LogP contribution in [0.15, 0.2) is 137 Å². The van der Waals surface area contributed by atoms with Gasteiger partial charge >= 0.3 is 0 Å². The monoisotopic (exact) mass is 697 g/mol. The molecule has 0 radical (unpaired) electrons. The molecule has 0 N–H and O–H groups in total. The Morgan fingerprint density at radius 1 is 0.529 bits per heavy atom. The minimum absolute atomic E-state index is 0.197. The summed E-state index contributed by atoms with van der Waals surface area (Å²) in [6.45, 7) is 19.3. The lowest BCUT2D eigenvalue weighted by Crippen LogP contribution is -2.58. The Kier molecular flexibility index (Phi) is 8.68. The van der Waals surface area contributed by atoms with Crippen LogP contribution in [0.2, 0.25) is 13.1 Å². The molecule has 6 aromatic rings. The Bertz CT molecular complexity index is 2210. The Labute approximate surface area is 311 Å². The molecule has 0 unspecified atom stereocenters. The van der Waals surface area contributed by atoms with Gasteiger partial charge in [0.2, 0.25) is 6.71 Å². The molecular formula is C47H48BNSSi. The highest BCUT2D eigenvalue weighted by molar-refractivity contribution is 8.00. The summed E-state index contributed by atoms with van der Waals surface area (Å²) in [6.07, 6.45) is 0. The van der Waals surface area contributed by atoms with Crippen molar-refractivity contribution in [1.29, 1.82) is 0 Å². The van der Waals surface area contributed by atoms with E-state index in [1.165, 1.54) is 81.4 Å². The molecule has 4 heteroatoms. The number of hydrogen-bond donors (Lipinski definition) is 0. The summed E-state index contributed by atoms with van der Waals surface area (Å²) in [7, 11) is -1.84. The zero-order valence-corrected chi connectivity index (χ0v) is 33.1. The van der Waals surface area contributed by atoms with E-state index in [0.717, 1.165) is 0 Å². The van der Waals surface area contributed by atoms with Crippen LogP contribution in [0.3, 0.4) is 0 Å². The zero-order valence-electron chi connectivity index (χ0n) is 31.3. The number of rotatable bonds is 6. The van der Waals surface area contributed by atoms with Crippen LogP contribution in [-0.2, 0) is 0 Å². The molecule has 0 saturated carbocycles. The fourth-order valence-electron chi connectivity index (χ4n) is 8.57. The van der Waals surface area contributed by atoms with Gasteiger partial charge in [0.1, 0.15) is 8.07 Å². The van der Waals surface area contributed by atoms with Gasteiger partial charge in [-0.05, 0) is 92.3 Å². The normalized spacial score (nSPS) is 14.4. The predicted molar refractivity (Wildman–Crippen MR) is 227 cm³/mol. The summed E-state index contributed by atoms with van der Waals surface area (Å²) in [4.78, 5) is 5.22. The van der Waals surface area contributed by atoms with Crippen molar-refractivity contribution < 1.29 is 0 Å². The minimum atomic E-state index is -1.84. The van der Waals surface area contributed by atoms with Crippen molar-refractivity contribution in [3.63, 3.8) is 0 Å². The van der Waals surface area contributed by atoms with Crippen LogP contribution in [0.4, 0.5) is 17.1 Å². The van der Waals surface area contributed by atoms with Gasteiger partial charge in [0.05, 0.1) is 0 Å². The second kappa shape index (κ2) is 13.1. The molecule has 0 bridgehead atoms. The van der Waals surface area contributed by atoms with Crippen LogP contribution in [0, 0.1) is 0 Å². The summed E-state index contributed by atoms with van der Waals surface area (Å²) in [5.74, 6) is 1.36. The average Bonchev–Trinajstić information content (AvgIpc) is 3.13. The summed E-state index contributed by atoms with van der Waals surface area (Å²) >= 11 is 1.93. The third-order valence-electron chi connectivity index (χ3n) is 11.3. The number of nitrogens with zero attached hydrogens (tertiary/aromatic N) is 1. The third kappa shape index (κ3) is 5.72. The lowest BCUT2D eigenvalue weighted by Gasteiger charge is -2.41. The molecule has 0 atom stereocenters. The van der Waals surface area contributed by atoms with Gasteiger partial charge < -0.3 is 4.90 Å². The van der Waals surface area contributed by atoms with E-state index >= 15 is 0 Å². The molecule has 6 aromatic carbocycles. The maximum absolute atomic E-state index is 2.51. The Hall–Kier alpha value is -4.25. The van der Waals surface area contributed by atoms with Crippen molar-refractivity contribution in [3.05, 3.63) is 144 Å². The van der Waals surface area contributed by atoms with Gasteiger partial charge in [0, 0.05) is 26.9 Å². The summed E-state index contributed by atoms with van der Waals surface area (Å²) < 4.78 is 0. The van der Waals surface area contributed by atoms with Gasteiger partial charge in [0.25, 0.3) is 0 Å². The smallest absolute Gasteiger partial charge is 0.244 e. The highest BCUT2D eigenvalue weighted by atomic mass is 32.2. The van der Waals surface area contributed by atoms with Crippen molar-refractivity contribution in [2.75, 3.05) is 4.90 Å². The molecule has 2 heterocycles. The highest BCUT2D eigenvalue weighted by Gasteiger charge is 2.39. The summed E-state index contributed by atoms with van der Waals surface area (Å²) in [5, 5.41) is 2.99. The first-order chi connectivity index (χ1) is 24.5. The van der Waals surface area contributed by atoms with E-state index in [1.807, 2.05) is 11.8 Å². The van der Waals surface area contributed by atoms with Crippen LogP contribution < -0.4 is 31.7 Å². The molecule has 0 fully saturated rings. The number of benzene rings is 6. The second-order valence-electron chi connectivity index (χ2n) is 15.9. The number of fused-ring (bicyclic) bond motifs is 4. The third-order valence-corrected chi connectivity index (χ3v) is 16.0. The quantitative estimate of drug-likeness (QED) is 0.159. The number of hydrogen-bond acceptors (Lipinski definition) is 2. The van der Waals surface area contributed by atoms with Crippen molar-refractivity contribution in [1.82, 2.24) is 0 Å². The van der Waals surface area contributed by atoms with Gasteiger partial charge in [-0.15, -0.1) is 0 Å². The standard InChI is InChI=1S/C47H48BNSSi/c1-30(2)35-27-37(31(3)4)47(38(28-35)32(5)6)48-39-18-9-12-21-43(39)50-44-29-34(24-25-40(44)48)33-16-15-17-36(26-33)49-41-19-10-13-22-45(41)51(7,8)46-23-14-11-20-42(46)49/h9-32H,1-8H3. The minimum Gasteiger partial charge on any atom is -0.311 e. The first-order valence-electron chi connectivity index (χ1n) is 18.7. The van der Waals surface area contributed by atoms with Gasteiger partial charge in [-0.1, -0.05) is 174 Å². The Morgan fingerprint density at radius 3 is 1.73 bits per heavy atom. The van der Waals surface area contributed by atoms with Gasteiger partial charge in [-0.3, -0.25) is 0 Å². The molecule has 51 heavy (non-hydrogen) atoms. The van der Waals surface area contributed by atoms with E-state index < -0.39 is 8.07 Å². The molecule has 1 nitrogen and oxygen atoms in total. The largest absolute Gasteiger partial charge is 0.311 e. The Morgan fingerprint density at radius 2 is 1.10 bits per heavy atom. The van der Waals surface area contributed by atoms with E-state index in [1.54, 1.807) is 0 Å². The number of anilines is 3. The van der Waals surface area contributed by atoms with E-state index in [-0.39, 0.29) is 6.71 Å². The van der Waals surface area contributed by atoms with Gasteiger partial charge in [-0.25, -0.2) is 0 Å². The molecule has 2 aliphatic rings. The van der Waals surface area contributed by atoms with E-state index in [0.29, 0.717) is 17.8 Å². The summed E-state index contributed by atoms with van der Waals surface area (Å²) in [6, 6.07) is 48.7.